The van der Waals surface area contributed by atoms with Gasteiger partial charge in [0.05, 0.1) is 5.69 Å². The van der Waals surface area contributed by atoms with E-state index in [2.05, 4.69) is 28.2 Å². The molecule has 0 radical (unpaired) electrons. The predicted molar refractivity (Wildman–Crippen MR) is 76.2 cm³/mol. The van der Waals surface area contributed by atoms with E-state index in [4.69, 9.17) is 0 Å². The highest BCUT2D eigenvalue weighted by molar-refractivity contribution is 7.85. The molecule has 2 rings (SSSR count). The van der Waals surface area contributed by atoms with Crippen molar-refractivity contribution in [2.75, 3.05) is 36.5 Å². The largest absolute Gasteiger partial charge is 0.385 e. The Kier molecular flexibility index (Phi) is 5.13. The summed E-state index contributed by atoms with van der Waals surface area (Å²) in [7, 11) is -0.602. The number of anilines is 1. The van der Waals surface area contributed by atoms with Gasteiger partial charge in [-0.2, -0.15) is 0 Å². The fourth-order valence-electron chi connectivity index (χ4n) is 2.01. The SMILES string of the molecule is CCCNc1ccnc(CN2CCS(=O)CC2)c1. The number of aromatic nitrogens is 1. The van der Waals surface area contributed by atoms with E-state index < -0.39 is 10.8 Å². The maximum absolute atomic E-state index is 11.3. The molecule has 0 aromatic carbocycles. The van der Waals surface area contributed by atoms with Gasteiger partial charge in [0.1, 0.15) is 0 Å². The van der Waals surface area contributed by atoms with Crippen LogP contribution in [0.2, 0.25) is 0 Å². The summed E-state index contributed by atoms with van der Waals surface area (Å²) in [5.41, 5.74) is 2.23. The molecule has 4 nitrogen and oxygen atoms in total. The van der Waals surface area contributed by atoms with Crippen LogP contribution < -0.4 is 5.32 Å². The lowest BCUT2D eigenvalue weighted by molar-refractivity contribution is 0.288. The molecule has 1 aromatic heterocycles. The topological polar surface area (TPSA) is 45.2 Å². The van der Waals surface area contributed by atoms with Crippen molar-refractivity contribution in [3.63, 3.8) is 0 Å². The van der Waals surface area contributed by atoms with Gasteiger partial charge in [-0.3, -0.25) is 14.1 Å². The van der Waals surface area contributed by atoms with Gasteiger partial charge in [0.25, 0.3) is 0 Å². The molecule has 100 valence electrons. The Morgan fingerprint density at radius 3 is 2.94 bits per heavy atom. The van der Waals surface area contributed by atoms with Crippen LogP contribution in [0, 0.1) is 0 Å². The molecule has 1 fully saturated rings. The normalized spacial score (nSPS) is 17.8. The molecular weight excluding hydrogens is 246 g/mol. The van der Waals surface area contributed by atoms with Gasteiger partial charge in [-0.05, 0) is 18.6 Å². The summed E-state index contributed by atoms with van der Waals surface area (Å²) in [6, 6.07) is 4.12. The van der Waals surface area contributed by atoms with E-state index in [1.807, 2.05) is 12.3 Å². The van der Waals surface area contributed by atoms with E-state index in [0.29, 0.717) is 0 Å². The summed E-state index contributed by atoms with van der Waals surface area (Å²) >= 11 is 0. The van der Waals surface area contributed by atoms with Crippen LogP contribution in [0.3, 0.4) is 0 Å². The lowest BCUT2D eigenvalue weighted by atomic mass is 10.3. The van der Waals surface area contributed by atoms with E-state index in [0.717, 1.165) is 55.5 Å². The van der Waals surface area contributed by atoms with Crippen molar-refractivity contribution in [1.29, 1.82) is 0 Å². The lowest BCUT2D eigenvalue weighted by Gasteiger charge is -2.25. The molecule has 1 aliphatic rings. The first-order valence-electron chi connectivity index (χ1n) is 6.54. The van der Waals surface area contributed by atoms with Crippen molar-refractivity contribution in [2.45, 2.75) is 19.9 Å². The van der Waals surface area contributed by atoms with Crippen molar-refractivity contribution in [3.05, 3.63) is 24.0 Å². The van der Waals surface area contributed by atoms with E-state index in [-0.39, 0.29) is 0 Å². The quantitative estimate of drug-likeness (QED) is 0.877. The van der Waals surface area contributed by atoms with Gasteiger partial charge in [0.2, 0.25) is 0 Å². The minimum absolute atomic E-state index is 0.602. The Labute approximate surface area is 111 Å². The summed E-state index contributed by atoms with van der Waals surface area (Å²) in [5.74, 6) is 1.60. The Bertz CT molecular complexity index is 401. The molecule has 18 heavy (non-hydrogen) atoms. The van der Waals surface area contributed by atoms with Gasteiger partial charge in [0, 0.05) is 60.4 Å². The highest BCUT2D eigenvalue weighted by Gasteiger charge is 2.15. The minimum atomic E-state index is -0.602. The van der Waals surface area contributed by atoms with Crippen LogP contribution in [0.15, 0.2) is 18.3 Å². The minimum Gasteiger partial charge on any atom is -0.385 e. The zero-order valence-corrected chi connectivity index (χ0v) is 11.7. The number of nitrogens with zero attached hydrogens (tertiary/aromatic N) is 2. The van der Waals surface area contributed by atoms with Crippen molar-refractivity contribution in [2.24, 2.45) is 0 Å². The molecule has 5 heteroatoms. The predicted octanol–water partition coefficient (Wildman–Crippen LogP) is 1.47. The summed E-state index contributed by atoms with van der Waals surface area (Å²) in [6.45, 7) is 5.84. The fourth-order valence-corrected chi connectivity index (χ4v) is 3.13. The molecule has 0 unspecified atom stereocenters. The molecular formula is C13H21N3OS. The zero-order chi connectivity index (χ0) is 12.8. The van der Waals surface area contributed by atoms with Crippen molar-refractivity contribution in [1.82, 2.24) is 9.88 Å². The second-order valence-corrected chi connectivity index (χ2v) is 6.28. The molecule has 0 spiro atoms. The number of pyridine rings is 1. The van der Waals surface area contributed by atoms with Gasteiger partial charge in [0.15, 0.2) is 0 Å². The Morgan fingerprint density at radius 2 is 2.22 bits per heavy atom. The molecule has 1 aromatic rings. The monoisotopic (exact) mass is 267 g/mol. The summed E-state index contributed by atoms with van der Waals surface area (Å²) in [6.07, 6.45) is 2.98. The van der Waals surface area contributed by atoms with Crippen LogP contribution in [-0.2, 0) is 17.3 Å². The number of hydrogen-bond acceptors (Lipinski definition) is 4. The summed E-state index contributed by atoms with van der Waals surface area (Å²) in [4.78, 5) is 6.73. The second-order valence-electron chi connectivity index (χ2n) is 4.59. The number of hydrogen-bond donors (Lipinski definition) is 1. The highest BCUT2D eigenvalue weighted by Crippen LogP contribution is 2.11. The average molecular weight is 267 g/mol. The molecule has 1 aliphatic heterocycles. The van der Waals surface area contributed by atoms with Gasteiger partial charge < -0.3 is 5.32 Å². The summed E-state index contributed by atoms with van der Waals surface area (Å²) < 4.78 is 11.3. The third-order valence-corrected chi connectivity index (χ3v) is 4.33. The van der Waals surface area contributed by atoms with Crippen LogP contribution in [0.25, 0.3) is 0 Å². The maximum atomic E-state index is 11.3. The third-order valence-electron chi connectivity index (χ3n) is 3.05. The zero-order valence-electron chi connectivity index (χ0n) is 10.9. The number of nitrogens with one attached hydrogen (secondary N) is 1. The third kappa shape index (κ3) is 4.07. The molecule has 0 aliphatic carbocycles. The Hall–Kier alpha value is -0.940. The van der Waals surface area contributed by atoms with Crippen molar-refractivity contribution >= 4 is 16.5 Å². The van der Waals surface area contributed by atoms with Gasteiger partial charge in [-0.1, -0.05) is 6.92 Å². The average Bonchev–Trinajstić information content (AvgIpc) is 2.40. The molecule has 1 N–H and O–H groups in total. The van der Waals surface area contributed by atoms with Crippen LogP contribution in [0.1, 0.15) is 19.0 Å². The van der Waals surface area contributed by atoms with E-state index in [1.54, 1.807) is 0 Å². The molecule has 0 saturated carbocycles. The van der Waals surface area contributed by atoms with Crippen molar-refractivity contribution < 1.29 is 4.21 Å². The van der Waals surface area contributed by atoms with Gasteiger partial charge >= 0.3 is 0 Å². The first-order chi connectivity index (χ1) is 8.78. The molecule has 0 bridgehead atoms. The van der Waals surface area contributed by atoms with E-state index >= 15 is 0 Å². The molecule has 0 amide bonds. The molecule has 2 heterocycles. The van der Waals surface area contributed by atoms with Crippen molar-refractivity contribution in [3.8, 4) is 0 Å². The molecule has 0 atom stereocenters. The summed E-state index contributed by atoms with van der Waals surface area (Å²) in [5, 5.41) is 3.37. The number of rotatable bonds is 5. The molecule has 1 saturated heterocycles. The van der Waals surface area contributed by atoms with Crippen LogP contribution in [-0.4, -0.2) is 45.2 Å². The standard InChI is InChI=1S/C13H21N3OS/c1-2-4-14-12-3-5-15-13(10-12)11-16-6-8-18(17)9-7-16/h3,5,10H,2,4,6-9,11H2,1H3,(H,14,15). The fraction of sp³-hybridized carbons (Fsp3) is 0.615. The van der Waals surface area contributed by atoms with Crippen LogP contribution in [0.4, 0.5) is 5.69 Å². The van der Waals surface area contributed by atoms with Gasteiger partial charge in [-0.25, -0.2) is 0 Å². The van der Waals surface area contributed by atoms with E-state index in [9.17, 15) is 4.21 Å². The first-order valence-corrected chi connectivity index (χ1v) is 8.03. The maximum Gasteiger partial charge on any atom is 0.0564 e. The smallest absolute Gasteiger partial charge is 0.0564 e. The van der Waals surface area contributed by atoms with Gasteiger partial charge in [-0.15, -0.1) is 0 Å². The second kappa shape index (κ2) is 6.85. The van der Waals surface area contributed by atoms with E-state index in [1.165, 1.54) is 0 Å². The Balaban J connectivity index is 1.90. The first kappa shape index (κ1) is 13.5. The Morgan fingerprint density at radius 1 is 1.44 bits per heavy atom. The van der Waals surface area contributed by atoms with Crippen LogP contribution >= 0.6 is 0 Å². The van der Waals surface area contributed by atoms with Crippen LogP contribution in [0.5, 0.6) is 0 Å². The highest BCUT2D eigenvalue weighted by atomic mass is 32.2. The lowest BCUT2D eigenvalue weighted by Crippen LogP contribution is -2.37.